The van der Waals surface area contributed by atoms with Crippen molar-refractivity contribution >= 4 is 55.5 Å². The van der Waals surface area contributed by atoms with Crippen molar-refractivity contribution in [3.05, 3.63) is 117 Å². The maximum absolute atomic E-state index is 14.0. The number of hydrogen-bond acceptors (Lipinski definition) is 12. The predicted molar refractivity (Wildman–Crippen MR) is 245 cm³/mol. The Morgan fingerprint density at radius 2 is 1.82 bits per heavy atom. The van der Waals surface area contributed by atoms with E-state index in [0.717, 1.165) is 68.2 Å². The first-order valence-corrected chi connectivity index (χ1v) is 23.8. The number of ether oxygens (including phenoxy) is 3. The van der Waals surface area contributed by atoms with E-state index >= 15 is 0 Å². The molecule has 3 aliphatic heterocycles. The van der Waals surface area contributed by atoms with Crippen LogP contribution < -0.4 is 19.1 Å². The topological polar surface area (TPSA) is 172 Å². The number of benzene rings is 3. The van der Waals surface area contributed by atoms with Gasteiger partial charge in [0, 0.05) is 73.2 Å². The van der Waals surface area contributed by atoms with Crippen molar-refractivity contribution in [3.8, 4) is 17.2 Å². The number of alkyl halides is 2. The molecule has 19 heteroatoms. The molecule has 2 atom stereocenters. The monoisotopic (exact) mass is 945 g/mol. The first kappa shape index (κ1) is 45.5. The summed E-state index contributed by atoms with van der Waals surface area (Å²) >= 11 is 6.24. The van der Waals surface area contributed by atoms with E-state index < -0.39 is 49.6 Å². The first-order valence-electron chi connectivity index (χ1n) is 22.0. The molecule has 2 aromatic heterocycles. The van der Waals surface area contributed by atoms with Crippen molar-refractivity contribution in [2.45, 2.75) is 69.0 Å². The minimum absolute atomic E-state index is 0.0730. The fourth-order valence-electron chi connectivity index (χ4n) is 9.35. The molecule has 3 aromatic carbocycles. The van der Waals surface area contributed by atoms with Crippen LogP contribution in [-0.4, -0.2) is 110 Å². The molecule has 1 amide bonds. The van der Waals surface area contributed by atoms with Crippen LogP contribution >= 0.6 is 11.6 Å². The second-order valence-electron chi connectivity index (χ2n) is 18.1. The summed E-state index contributed by atoms with van der Waals surface area (Å²) in [6.45, 7) is 8.57. The summed E-state index contributed by atoms with van der Waals surface area (Å²) in [5, 5.41) is 13.7. The van der Waals surface area contributed by atoms with Crippen LogP contribution in [0.4, 0.5) is 20.2 Å². The van der Waals surface area contributed by atoms with Gasteiger partial charge in [-0.3, -0.25) is 24.7 Å². The third kappa shape index (κ3) is 9.74. The third-order valence-electron chi connectivity index (χ3n) is 13.1. The van der Waals surface area contributed by atoms with E-state index in [-0.39, 0.29) is 35.7 Å². The number of halogens is 3. The summed E-state index contributed by atoms with van der Waals surface area (Å²) in [5.41, 5.74) is 4.87. The predicted octanol–water partition coefficient (Wildman–Crippen LogP) is 8.66. The third-order valence-corrected chi connectivity index (χ3v) is 14.7. The average molecular weight is 946 g/mol. The van der Waals surface area contributed by atoms with E-state index in [9.17, 15) is 32.1 Å². The number of nitro groups is 1. The SMILES string of the molecule is CC1(C)CCC(CN2CCN(c3ccc(C(=O)NS(=O)(=O)c4ccc(OC[C@@H]5CCCN5C5COC5(F)F)c([N+](=O)[O-])c4)c(Oc4cnc5[nH]ccc5c4)c3)CC2)=C(c2ccc(Cl)cc2)C1. The number of sulfonamides is 1. The Bertz CT molecular complexity index is 2800. The number of fused-ring (bicyclic) bond motifs is 1. The number of nitro benzene ring substituents is 1. The van der Waals surface area contributed by atoms with E-state index in [2.05, 4.69) is 55.2 Å². The molecular weight excluding hydrogens is 896 g/mol. The number of piperazine rings is 1. The minimum atomic E-state index is -4.69. The van der Waals surface area contributed by atoms with Crippen LogP contribution in [0.25, 0.3) is 16.6 Å². The largest absolute Gasteiger partial charge is 0.485 e. The Kier molecular flexibility index (Phi) is 12.5. The van der Waals surface area contributed by atoms with Crippen LogP contribution in [0.5, 0.6) is 17.2 Å². The fraction of sp³-hybridized carbons (Fsp3) is 0.404. The van der Waals surface area contributed by atoms with Gasteiger partial charge in [-0.25, -0.2) is 18.1 Å². The Morgan fingerprint density at radius 1 is 1.03 bits per heavy atom. The highest BCUT2D eigenvalue weighted by Crippen LogP contribution is 2.44. The summed E-state index contributed by atoms with van der Waals surface area (Å²) < 4.78 is 74.1. The summed E-state index contributed by atoms with van der Waals surface area (Å²) in [4.78, 5) is 38.5. The molecule has 5 heterocycles. The number of likely N-dealkylation sites (tertiary alicyclic amines) is 1. The Morgan fingerprint density at radius 3 is 2.55 bits per heavy atom. The molecule has 3 fully saturated rings. The molecule has 9 rings (SSSR count). The van der Waals surface area contributed by atoms with E-state index in [1.807, 2.05) is 18.2 Å². The highest BCUT2D eigenvalue weighted by atomic mass is 35.5. The van der Waals surface area contributed by atoms with Gasteiger partial charge in [-0.2, -0.15) is 8.78 Å². The Hall–Kier alpha value is -5.66. The number of nitrogens with zero attached hydrogens (tertiary/aromatic N) is 5. The normalized spacial score (nSPS) is 21.1. The number of carbonyl (C=O) groups is 1. The smallest absolute Gasteiger partial charge is 0.373 e. The van der Waals surface area contributed by atoms with Crippen LogP contribution in [0.3, 0.4) is 0 Å². The standard InChI is InChI=1S/C47H50ClF2N7O8S/c1-46(2)15-13-32(39(25-46)30-5-7-33(48)8-6-30)27-54-18-20-55(21-19-54)34-9-11-38(42(23-34)65-36-22-31-14-16-51-44(31)52-26-36)45(58)53-66(61,62)37-10-12-41(40(24-37)57(59)60)63-28-35-4-3-17-56(35)43-29-64-47(43,49)50/h5-12,14,16,22-24,26,35,43H,3-4,13,15,17-21,25,27-29H2,1-2H3,(H,51,52)(H,53,58)/t35-,43?/m0/s1. The van der Waals surface area contributed by atoms with Gasteiger partial charge >= 0.3 is 11.8 Å². The number of nitrogens with one attached hydrogen (secondary N) is 2. The van der Waals surface area contributed by atoms with Crippen molar-refractivity contribution < 1.29 is 41.1 Å². The number of rotatable bonds is 14. The summed E-state index contributed by atoms with van der Waals surface area (Å²) in [5.74, 6) is -0.892. The number of aromatic amines is 1. The van der Waals surface area contributed by atoms with Crippen molar-refractivity contribution in [2.24, 2.45) is 5.41 Å². The molecule has 0 bridgehead atoms. The van der Waals surface area contributed by atoms with Crippen LogP contribution in [0.1, 0.15) is 61.9 Å². The zero-order valence-corrected chi connectivity index (χ0v) is 38.0. The summed E-state index contributed by atoms with van der Waals surface area (Å²) in [7, 11) is -4.69. The van der Waals surface area contributed by atoms with Crippen LogP contribution in [0.15, 0.2) is 95.7 Å². The first-order chi connectivity index (χ1) is 31.5. The summed E-state index contributed by atoms with van der Waals surface area (Å²) in [6, 6.07) is 18.0. The molecule has 0 radical (unpaired) electrons. The quantitative estimate of drug-likeness (QED) is 0.0803. The molecule has 15 nitrogen and oxygen atoms in total. The van der Waals surface area contributed by atoms with E-state index in [4.69, 9.17) is 21.1 Å². The number of carbonyl (C=O) groups excluding carboxylic acids is 1. The highest BCUT2D eigenvalue weighted by molar-refractivity contribution is 7.90. The zero-order chi connectivity index (χ0) is 46.4. The van der Waals surface area contributed by atoms with Gasteiger partial charge in [0.15, 0.2) is 5.75 Å². The lowest BCUT2D eigenvalue weighted by molar-refractivity contribution is -0.386. The van der Waals surface area contributed by atoms with Gasteiger partial charge in [0.2, 0.25) is 0 Å². The molecule has 3 saturated heterocycles. The molecule has 4 aliphatic rings. The number of anilines is 1. The number of amides is 1. The summed E-state index contributed by atoms with van der Waals surface area (Å²) in [6.07, 6.45) is 4.23. The van der Waals surface area contributed by atoms with Crippen molar-refractivity contribution in [3.63, 3.8) is 0 Å². The van der Waals surface area contributed by atoms with Gasteiger partial charge in [-0.05, 0) is 104 Å². The molecule has 5 aromatic rings. The highest BCUT2D eigenvalue weighted by Gasteiger charge is 2.55. The molecule has 0 spiro atoms. The molecule has 66 heavy (non-hydrogen) atoms. The number of hydrogen-bond donors (Lipinski definition) is 2. The van der Waals surface area contributed by atoms with Crippen LogP contribution in [0.2, 0.25) is 5.02 Å². The lowest BCUT2D eigenvalue weighted by atomic mass is 9.72. The van der Waals surface area contributed by atoms with E-state index in [1.54, 1.807) is 29.3 Å². The van der Waals surface area contributed by atoms with Gasteiger partial charge in [0.05, 0.1) is 28.2 Å². The maximum Gasteiger partial charge on any atom is 0.373 e. The minimum Gasteiger partial charge on any atom is -0.485 e. The van der Waals surface area contributed by atoms with Gasteiger partial charge in [-0.1, -0.05) is 43.2 Å². The molecule has 2 N–H and O–H groups in total. The fourth-order valence-corrected chi connectivity index (χ4v) is 10.5. The van der Waals surface area contributed by atoms with Crippen molar-refractivity contribution in [1.82, 2.24) is 24.5 Å². The van der Waals surface area contributed by atoms with E-state index in [0.29, 0.717) is 48.9 Å². The zero-order valence-electron chi connectivity index (χ0n) is 36.5. The molecule has 0 saturated carbocycles. The van der Waals surface area contributed by atoms with Gasteiger partial charge in [0.1, 0.15) is 29.8 Å². The van der Waals surface area contributed by atoms with Crippen LogP contribution in [0, 0.1) is 15.5 Å². The second kappa shape index (κ2) is 18.2. The lowest BCUT2D eigenvalue weighted by Crippen LogP contribution is -2.62. The Balaban J connectivity index is 0.915. The van der Waals surface area contributed by atoms with Crippen molar-refractivity contribution in [2.75, 3.05) is 57.4 Å². The van der Waals surface area contributed by atoms with Gasteiger partial charge < -0.3 is 24.1 Å². The molecule has 1 aliphatic carbocycles. The van der Waals surface area contributed by atoms with Crippen molar-refractivity contribution in [1.29, 1.82) is 0 Å². The molecular formula is C47H50ClF2N7O8S. The van der Waals surface area contributed by atoms with E-state index in [1.165, 1.54) is 29.0 Å². The van der Waals surface area contributed by atoms with Crippen LogP contribution in [-0.2, 0) is 14.8 Å². The number of allylic oxidation sites excluding steroid dienone is 1. The van der Waals surface area contributed by atoms with Gasteiger partial charge in [0.25, 0.3) is 15.9 Å². The Labute approximate surface area is 385 Å². The molecule has 348 valence electrons. The number of pyridine rings is 1. The maximum atomic E-state index is 14.0. The number of H-pyrrole nitrogens is 1. The molecule has 1 unspecified atom stereocenters. The number of aromatic nitrogens is 2. The average Bonchev–Trinajstić information content (AvgIpc) is 3.95. The second-order valence-corrected chi connectivity index (χ2v) is 20.2. The van der Waals surface area contributed by atoms with Gasteiger partial charge in [-0.15, -0.1) is 0 Å². The lowest BCUT2D eigenvalue weighted by Gasteiger charge is -2.43.